The Bertz CT molecular complexity index is 695. The first-order chi connectivity index (χ1) is 10.3. The van der Waals surface area contributed by atoms with Gasteiger partial charge in [-0.3, -0.25) is 4.98 Å². The monoisotopic (exact) mass is 297 g/mol. The molecule has 0 aliphatic heterocycles. The molecule has 106 valence electrons. The van der Waals surface area contributed by atoms with Crippen LogP contribution in [0.1, 0.15) is 5.01 Å². The number of nitrogens with two attached hydrogens (primary N) is 1. The Kier molecular flexibility index (Phi) is 4.12. The lowest BCUT2D eigenvalue weighted by Crippen LogP contribution is -2.01. The molecule has 2 heterocycles. The summed E-state index contributed by atoms with van der Waals surface area (Å²) in [4.78, 5) is 8.88. The summed E-state index contributed by atoms with van der Waals surface area (Å²) >= 11 is 1.63. The SMILES string of the molecule is Nc1ccc(OCCc2nc(-c3ccccn3)cs2)cc1. The molecule has 5 heteroatoms. The van der Waals surface area contributed by atoms with Gasteiger partial charge in [0, 0.05) is 23.7 Å². The number of hydrogen-bond donors (Lipinski definition) is 1. The van der Waals surface area contributed by atoms with E-state index in [-0.39, 0.29) is 0 Å². The molecule has 3 aromatic rings. The first-order valence-electron chi connectivity index (χ1n) is 6.65. The van der Waals surface area contributed by atoms with Crippen LogP contribution in [-0.4, -0.2) is 16.6 Å². The van der Waals surface area contributed by atoms with Crippen LogP contribution in [0, 0.1) is 0 Å². The van der Waals surface area contributed by atoms with Crippen molar-refractivity contribution in [3.63, 3.8) is 0 Å². The molecule has 4 nitrogen and oxygen atoms in total. The lowest BCUT2D eigenvalue weighted by molar-refractivity contribution is 0.322. The molecule has 2 N–H and O–H groups in total. The van der Waals surface area contributed by atoms with Crippen molar-refractivity contribution in [2.24, 2.45) is 0 Å². The van der Waals surface area contributed by atoms with E-state index in [4.69, 9.17) is 10.5 Å². The summed E-state index contributed by atoms with van der Waals surface area (Å²) in [6, 6.07) is 13.2. The predicted octanol–water partition coefficient (Wildman–Crippen LogP) is 3.41. The van der Waals surface area contributed by atoms with Crippen molar-refractivity contribution < 1.29 is 4.74 Å². The van der Waals surface area contributed by atoms with Crippen LogP contribution in [0.15, 0.2) is 54.0 Å². The molecule has 0 radical (unpaired) electrons. The Hall–Kier alpha value is -2.40. The molecule has 0 fully saturated rings. The molecule has 0 spiro atoms. The summed E-state index contributed by atoms with van der Waals surface area (Å²) in [5.41, 5.74) is 8.19. The Morgan fingerprint density at radius 3 is 2.67 bits per heavy atom. The van der Waals surface area contributed by atoms with E-state index >= 15 is 0 Å². The summed E-state index contributed by atoms with van der Waals surface area (Å²) in [6.45, 7) is 0.596. The maximum atomic E-state index is 5.68. The van der Waals surface area contributed by atoms with Gasteiger partial charge in [0.25, 0.3) is 0 Å². The van der Waals surface area contributed by atoms with E-state index in [1.54, 1.807) is 17.5 Å². The number of hydrogen-bond acceptors (Lipinski definition) is 5. The molecular weight excluding hydrogens is 282 g/mol. The van der Waals surface area contributed by atoms with Gasteiger partial charge in [-0.25, -0.2) is 4.98 Å². The van der Waals surface area contributed by atoms with Gasteiger partial charge in [0.05, 0.1) is 23.0 Å². The minimum atomic E-state index is 0.596. The molecule has 0 atom stereocenters. The minimum Gasteiger partial charge on any atom is -0.493 e. The highest BCUT2D eigenvalue weighted by molar-refractivity contribution is 7.09. The molecule has 0 aliphatic rings. The van der Waals surface area contributed by atoms with Gasteiger partial charge in [0.1, 0.15) is 5.75 Å². The molecule has 0 bridgehead atoms. The number of rotatable bonds is 5. The van der Waals surface area contributed by atoms with Crippen LogP contribution >= 0.6 is 11.3 Å². The zero-order chi connectivity index (χ0) is 14.5. The molecule has 0 saturated carbocycles. The van der Waals surface area contributed by atoms with E-state index in [0.29, 0.717) is 6.61 Å². The summed E-state index contributed by atoms with van der Waals surface area (Å²) in [5, 5.41) is 3.08. The number of ether oxygens (including phenoxy) is 1. The first kappa shape index (κ1) is 13.6. The highest BCUT2D eigenvalue weighted by Gasteiger charge is 2.05. The third-order valence-corrected chi connectivity index (χ3v) is 3.85. The van der Waals surface area contributed by atoms with Gasteiger partial charge < -0.3 is 10.5 Å². The zero-order valence-electron chi connectivity index (χ0n) is 11.4. The standard InChI is InChI=1S/C16H15N3OS/c17-12-4-6-13(7-5-12)20-10-8-16-19-15(11-21-16)14-3-1-2-9-18-14/h1-7,9,11H,8,10,17H2. The molecule has 0 saturated heterocycles. The van der Waals surface area contributed by atoms with Crippen LogP contribution in [0.2, 0.25) is 0 Å². The highest BCUT2D eigenvalue weighted by atomic mass is 32.1. The largest absolute Gasteiger partial charge is 0.493 e. The van der Waals surface area contributed by atoms with Gasteiger partial charge in [-0.15, -0.1) is 11.3 Å². The number of anilines is 1. The maximum absolute atomic E-state index is 5.68. The molecular formula is C16H15N3OS. The van der Waals surface area contributed by atoms with E-state index in [1.807, 2.05) is 47.8 Å². The lowest BCUT2D eigenvalue weighted by Gasteiger charge is -2.04. The number of aromatic nitrogens is 2. The van der Waals surface area contributed by atoms with E-state index in [1.165, 1.54) is 0 Å². The Labute approximate surface area is 127 Å². The second-order valence-corrected chi connectivity index (χ2v) is 5.45. The Balaban J connectivity index is 1.57. The van der Waals surface area contributed by atoms with Crippen LogP contribution < -0.4 is 10.5 Å². The molecule has 0 aliphatic carbocycles. The molecule has 2 aromatic heterocycles. The number of benzene rings is 1. The summed E-state index contributed by atoms with van der Waals surface area (Å²) < 4.78 is 5.68. The molecule has 0 amide bonds. The van der Waals surface area contributed by atoms with Crippen LogP contribution in [0.4, 0.5) is 5.69 Å². The van der Waals surface area contributed by atoms with Gasteiger partial charge in [-0.05, 0) is 36.4 Å². The van der Waals surface area contributed by atoms with Crippen LogP contribution in [0.25, 0.3) is 11.4 Å². The van der Waals surface area contributed by atoms with E-state index in [9.17, 15) is 0 Å². The summed E-state index contributed by atoms with van der Waals surface area (Å²) in [6.07, 6.45) is 2.56. The molecule has 1 aromatic carbocycles. The fourth-order valence-corrected chi connectivity index (χ4v) is 2.65. The fraction of sp³-hybridized carbons (Fsp3) is 0.125. The van der Waals surface area contributed by atoms with Crippen LogP contribution in [0.5, 0.6) is 5.75 Å². The highest BCUT2D eigenvalue weighted by Crippen LogP contribution is 2.20. The number of nitrogens with zero attached hydrogens (tertiary/aromatic N) is 2. The second kappa shape index (κ2) is 6.37. The second-order valence-electron chi connectivity index (χ2n) is 4.51. The van der Waals surface area contributed by atoms with Crippen molar-refractivity contribution in [3.05, 3.63) is 59.0 Å². The van der Waals surface area contributed by atoms with Gasteiger partial charge in [-0.1, -0.05) is 6.07 Å². The Morgan fingerprint density at radius 1 is 1.05 bits per heavy atom. The van der Waals surface area contributed by atoms with Crippen molar-refractivity contribution in [3.8, 4) is 17.1 Å². The average molecular weight is 297 g/mol. The normalized spacial score (nSPS) is 10.5. The fourth-order valence-electron chi connectivity index (χ4n) is 1.88. The van der Waals surface area contributed by atoms with Crippen molar-refractivity contribution >= 4 is 17.0 Å². The van der Waals surface area contributed by atoms with Gasteiger partial charge in [0.2, 0.25) is 0 Å². The van der Waals surface area contributed by atoms with Gasteiger partial charge in [0.15, 0.2) is 0 Å². The van der Waals surface area contributed by atoms with Crippen molar-refractivity contribution in [2.45, 2.75) is 6.42 Å². The van der Waals surface area contributed by atoms with E-state index in [2.05, 4.69) is 9.97 Å². The molecule has 0 unspecified atom stereocenters. The van der Waals surface area contributed by atoms with Gasteiger partial charge >= 0.3 is 0 Å². The summed E-state index contributed by atoms with van der Waals surface area (Å²) in [7, 11) is 0. The molecule has 21 heavy (non-hydrogen) atoms. The van der Waals surface area contributed by atoms with Crippen molar-refractivity contribution in [1.29, 1.82) is 0 Å². The number of thiazole rings is 1. The Morgan fingerprint density at radius 2 is 1.90 bits per heavy atom. The van der Waals surface area contributed by atoms with Crippen molar-refractivity contribution in [2.75, 3.05) is 12.3 Å². The lowest BCUT2D eigenvalue weighted by atomic mass is 10.3. The minimum absolute atomic E-state index is 0.596. The maximum Gasteiger partial charge on any atom is 0.119 e. The van der Waals surface area contributed by atoms with Crippen LogP contribution in [-0.2, 0) is 6.42 Å². The molecule has 3 rings (SSSR count). The predicted molar refractivity (Wildman–Crippen MR) is 85.4 cm³/mol. The quantitative estimate of drug-likeness (QED) is 0.733. The van der Waals surface area contributed by atoms with E-state index < -0.39 is 0 Å². The van der Waals surface area contributed by atoms with Gasteiger partial charge in [-0.2, -0.15) is 0 Å². The van der Waals surface area contributed by atoms with Crippen LogP contribution in [0.3, 0.4) is 0 Å². The van der Waals surface area contributed by atoms with Crippen molar-refractivity contribution in [1.82, 2.24) is 9.97 Å². The number of nitrogen functional groups attached to an aromatic ring is 1. The smallest absolute Gasteiger partial charge is 0.119 e. The topological polar surface area (TPSA) is 61.0 Å². The first-order valence-corrected chi connectivity index (χ1v) is 7.53. The average Bonchev–Trinajstić information content (AvgIpc) is 2.99. The third kappa shape index (κ3) is 3.58. The summed E-state index contributed by atoms with van der Waals surface area (Å²) in [5.74, 6) is 0.825. The zero-order valence-corrected chi connectivity index (χ0v) is 12.2. The number of pyridine rings is 1. The van der Waals surface area contributed by atoms with E-state index in [0.717, 1.165) is 34.3 Å². The third-order valence-electron chi connectivity index (χ3n) is 2.94.